The minimum absolute atomic E-state index is 0.217. The van der Waals surface area contributed by atoms with Gasteiger partial charge in [0.25, 0.3) is 0 Å². The fourth-order valence-electron chi connectivity index (χ4n) is 1.52. The van der Waals surface area contributed by atoms with E-state index in [9.17, 15) is 9.90 Å². The van der Waals surface area contributed by atoms with E-state index in [0.717, 1.165) is 0 Å². The van der Waals surface area contributed by atoms with E-state index in [1.165, 1.54) is 6.20 Å². The molecule has 1 aromatic heterocycles. The maximum Gasteiger partial charge on any atom is 0.341 e. The molecule has 0 aliphatic heterocycles. The second kappa shape index (κ2) is 4.87. The van der Waals surface area contributed by atoms with Crippen molar-refractivity contribution in [2.24, 2.45) is 0 Å². The highest BCUT2D eigenvalue weighted by atomic mass is 16.5. The van der Waals surface area contributed by atoms with Gasteiger partial charge in [0.15, 0.2) is 0 Å². The molecule has 1 atom stereocenters. The van der Waals surface area contributed by atoms with Crippen LogP contribution < -0.4 is 0 Å². The molecule has 0 aliphatic rings. The first-order chi connectivity index (χ1) is 7.79. The van der Waals surface area contributed by atoms with Crippen LogP contribution in [0.25, 0.3) is 0 Å². The zero-order valence-corrected chi connectivity index (χ0v) is 11.0. The molecule has 0 bridgehead atoms. The Hall–Kier alpha value is -1.36. The van der Waals surface area contributed by atoms with E-state index in [4.69, 9.17) is 4.74 Å². The molecule has 5 nitrogen and oxygen atoms in total. The van der Waals surface area contributed by atoms with E-state index in [-0.39, 0.29) is 12.0 Å². The number of hydrogen-bond acceptors (Lipinski definition) is 4. The largest absolute Gasteiger partial charge is 0.462 e. The van der Waals surface area contributed by atoms with E-state index in [1.807, 2.05) is 6.92 Å². The summed E-state index contributed by atoms with van der Waals surface area (Å²) in [4.78, 5) is 11.6. The number of aliphatic hydroxyl groups is 1. The summed E-state index contributed by atoms with van der Waals surface area (Å²) in [7, 11) is 0. The quantitative estimate of drug-likeness (QED) is 0.813. The van der Waals surface area contributed by atoms with Gasteiger partial charge >= 0.3 is 5.97 Å². The number of carbonyl (C=O) groups is 1. The molecule has 96 valence electrons. The van der Waals surface area contributed by atoms with Crippen molar-refractivity contribution in [1.82, 2.24) is 9.78 Å². The van der Waals surface area contributed by atoms with Crippen LogP contribution in [-0.4, -0.2) is 33.1 Å². The Balaban J connectivity index is 3.03. The van der Waals surface area contributed by atoms with E-state index >= 15 is 0 Å². The molecular formula is C12H20N2O3. The summed E-state index contributed by atoms with van der Waals surface area (Å²) in [5.74, 6) is -0.376. The van der Waals surface area contributed by atoms with Gasteiger partial charge in [-0.1, -0.05) is 0 Å². The third kappa shape index (κ3) is 2.85. The molecule has 0 amide bonds. The predicted octanol–water partition coefficient (Wildman–Crippen LogP) is 1.70. The van der Waals surface area contributed by atoms with Gasteiger partial charge in [-0.05, 0) is 34.6 Å². The van der Waals surface area contributed by atoms with Gasteiger partial charge in [0.05, 0.1) is 30.1 Å². The zero-order chi connectivity index (χ0) is 13.2. The minimum atomic E-state index is -0.900. The highest BCUT2D eigenvalue weighted by Gasteiger charge is 2.27. The highest BCUT2D eigenvalue weighted by Crippen LogP contribution is 2.23. The fourth-order valence-corrected chi connectivity index (χ4v) is 1.52. The van der Waals surface area contributed by atoms with Gasteiger partial charge in [0, 0.05) is 0 Å². The SMILES string of the molecule is CCOC(=O)c1cnn(C(C)C(C)(C)O)c1C. The third-order valence-electron chi connectivity index (χ3n) is 2.93. The van der Waals surface area contributed by atoms with Crippen LogP contribution >= 0.6 is 0 Å². The standard InChI is InChI=1S/C12H20N2O3/c1-6-17-11(15)10-7-13-14(8(10)2)9(3)12(4,5)16/h7,9,16H,6H2,1-5H3. The van der Waals surface area contributed by atoms with Crippen molar-refractivity contribution in [3.05, 3.63) is 17.5 Å². The van der Waals surface area contributed by atoms with Crippen LogP contribution in [0.1, 0.15) is 49.8 Å². The van der Waals surface area contributed by atoms with Crippen LogP contribution in [0, 0.1) is 6.92 Å². The third-order valence-corrected chi connectivity index (χ3v) is 2.93. The molecule has 1 rings (SSSR count). The average molecular weight is 240 g/mol. The normalized spacial score (nSPS) is 13.5. The maximum absolute atomic E-state index is 11.6. The van der Waals surface area contributed by atoms with Gasteiger partial charge in [-0.3, -0.25) is 4.68 Å². The second-order valence-electron chi connectivity index (χ2n) is 4.64. The lowest BCUT2D eigenvalue weighted by atomic mass is 10.0. The Bertz CT molecular complexity index is 404. The van der Waals surface area contributed by atoms with Gasteiger partial charge in [0.2, 0.25) is 0 Å². The summed E-state index contributed by atoms with van der Waals surface area (Å²) in [5, 5.41) is 14.1. The van der Waals surface area contributed by atoms with Crippen molar-refractivity contribution >= 4 is 5.97 Å². The topological polar surface area (TPSA) is 64.3 Å². The molecule has 1 heterocycles. The molecule has 0 aromatic carbocycles. The highest BCUT2D eigenvalue weighted by molar-refractivity contribution is 5.90. The van der Waals surface area contributed by atoms with Gasteiger partial charge in [0.1, 0.15) is 5.56 Å². The summed E-state index contributed by atoms with van der Waals surface area (Å²) in [6, 6.07) is -0.217. The predicted molar refractivity (Wildman–Crippen MR) is 63.9 cm³/mol. The second-order valence-corrected chi connectivity index (χ2v) is 4.64. The molecular weight excluding hydrogens is 220 g/mol. The van der Waals surface area contributed by atoms with Crippen molar-refractivity contribution in [2.75, 3.05) is 6.61 Å². The van der Waals surface area contributed by atoms with Crippen LogP contribution in [-0.2, 0) is 4.74 Å². The Kier molecular flexibility index (Phi) is 3.93. The zero-order valence-electron chi connectivity index (χ0n) is 11.0. The summed E-state index contributed by atoms with van der Waals surface area (Å²) >= 11 is 0. The maximum atomic E-state index is 11.6. The van der Waals surface area contributed by atoms with Crippen molar-refractivity contribution in [2.45, 2.75) is 46.3 Å². The first-order valence-electron chi connectivity index (χ1n) is 5.72. The first kappa shape index (κ1) is 13.7. The van der Waals surface area contributed by atoms with Crippen LogP contribution in [0.3, 0.4) is 0 Å². The molecule has 1 aromatic rings. The number of carbonyl (C=O) groups excluding carboxylic acids is 1. The number of esters is 1. The van der Waals surface area contributed by atoms with E-state index < -0.39 is 5.60 Å². The smallest absolute Gasteiger partial charge is 0.341 e. The molecule has 0 aliphatic carbocycles. The lowest BCUT2D eigenvalue weighted by molar-refractivity contribution is 0.0247. The summed E-state index contributed by atoms with van der Waals surface area (Å²) in [6.45, 7) is 9.17. The monoisotopic (exact) mass is 240 g/mol. The number of rotatable bonds is 4. The summed E-state index contributed by atoms with van der Waals surface area (Å²) in [5.41, 5.74) is 0.254. The Labute approximate surface area is 101 Å². The van der Waals surface area contributed by atoms with Gasteiger partial charge in [-0.2, -0.15) is 5.10 Å². The molecule has 5 heteroatoms. The number of nitrogens with zero attached hydrogens (tertiary/aromatic N) is 2. The minimum Gasteiger partial charge on any atom is -0.462 e. The van der Waals surface area contributed by atoms with E-state index in [0.29, 0.717) is 17.9 Å². The fraction of sp³-hybridized carbons (Fsp3) is 0.667. The lowest BCUT2D eigenvalue weighted by Crippen LogP contribution is -2.32. The van der Waals surface area contributed by atoms with Crippen LogP contribution in [0.15, 0.2) is 6.20 Å². The molecule has 0 spiro atoms. The number of ether oxygens (including phenoxy) is 1. The van der Waals surface area contributed by atoms with Gasteiger partial charge < -0.3 is 9.84 Å². The summed E-state index contributed by atoms with van der Waals surface area (Å²) in [6.07, 6.45) is 1.48. The van der Waals surface area contributed by atoms with Crippen LogP contribution in [0.4, 0.5) is 0 Å². The Morgan fingerprint density at radius 1 is 1.65 bits per heavy atom. The Morgan fingerprint density at radius 2 is 2.24 bits per heavy atom. The molecule has 0 fully saturated rings. The molecule has 0 saturated heterocycles. The Morgan fingerprint density at radius 3 is 2.71 bits per heavy atom. The molecule has 1 unspecified atom stereocenters. The number of aromatic nitrogens is 2. The first-order valence-corrected chi connectivity index (χ1v) is 5.72. The van der Waals surface area contributed by atoms with Crippen molar-refractivity contribution < 1.29 is 14.6 Å². The van der Waals surface area contributed by atoms with Crippen molar-refractivity contribution in [1.29, 1.82) is 0 Å². The molecule has 0 saturated carbocycles. The average Bonchev–Trinajstić information content (AvgIpc) is 2.58. The van der Waals surface area contributed by atoms with Crippen molar-refractivity contribution in [3.8, 4) is 0 Å². The summed E-state index contributed by atoms with van der Waals surface area (Å²) < 4.78 is 6.58. The van der Waals surface area contributed by atoms with E-state index in [2.05, 4.69) is 5.10 Å². The van der Waals surface area contributed by atoms with Crippen LogP contribution in [0.5, 0.6) is 0 Å². The van der Waals surface area contributed by atoms with Crippen molar-refractivity contribution in [3.63, 3.8) is 0 Å². The van der Waals surface area contributed by atoms with Gasteiger partial charge in [-0.15, -0.1) is 0 Å². The lowest BCUT2D eigenvalue weighted by Gasteiger charge is -2.27. The molecule has 17 heavy (non-hydrogen) atoms. The van der Waals surface area contributed by atoms with Crippen LogP contribution in [0.2, 0.25) is 0 Å². The number of hydrogen-bond donors (Lipinski definition) is 1. The van der Waals surface area contributed by atoms with Gasteiger partial charge in [-0.25, -0.2) is 4.79 Å². The van der Waals surface area contributed by atoms with E-state index in [1.54, 1.807) is 32.4 Å². The molecule has 0 radical (unpaired) electrons. The molecule has 1 N–H and O–H groups in total.